The zero-order chi connectivity index (χ0) is 17.3. The van der Waals surface area contributed by atoms with E-state index in [0.29, 0.717) is 19.4 Å². The average molecular weight is 319 g/mol. The van der Waals surface area contributed by atoms with E-state index >= 15 is 0 Å². The summed E-state index contributed by atoms with van der Waals surface area (Å²) < 4.78 is 0. The van der Waals surface area contributed by atoms with Crippen LogP contribution in [-0.2, 0) is 14.4 Å². The maximum absolute atomic E-state index is 11.4. The molecule has 0 bridgehead atoms. The molecule has 0 aliphatic heterocycles. The van der Waals surface area contributed by atoms with E-state index < -0.39 is 42.3 Å². The lowest BCUT2D eigenvalue weighted by molar-refractivity contribution is -0.154. The maximum Gasteiger partial charge on any atom is 0.326 e. The molecule has 0 radical (unpaired) electrons. The lowest BCUT2D eigenvalue weighted by atomic mass is 10.0. The maximum atomic E-state index is 11.4. The lowest BCUT2D eigenvalue weighted by Gasteiger charge is -2.27. The van der Waals surface area contributed by atoms with Gasteiger partial charge in [-0.2, -0.15) is 0 Å². The van der Waals surface area contributed by atoms with Gasteiger partial charge in [-0.1, -0.05) is 0 Å². The quantitative estimate of drug-likeness (QED) is 0.240. The first-order valence-electron chi connectivity index (χ1n) is 6.66. The van der Waals surface area contributed by atoms with Gasteiger partial charge in [0.1, 0.15) is 6.04 Å². The Bertz CT molecular complexity index is 413. The number of carboxylic acids is 3. The molecule has 0 aromatic carbocycles. The predicted molar refractivity (Wildman–Crippen MR) is 74.0 cm³/mol. The number of urea groups is 1. The fourth-order valence-corrected chi connectivity index (χ4v) is 1.94. The summed E-state index contributed by atoms with van der Waals surface area (Å²) in [5.41, 5.74) is 10.4. The van der Waals surface area contributed by atoms with Gasteiger partial charge in [0.05, 0.1) is 0 Å². The number of rotatable bonds is 11. The zero-order valence-electron chi connectivity index (χ0n) is 12.0. The molecule has 0 aromatic heterocycles. The third-order valence-corrected chi connectivity index (χ3v) is 3.13. The molecule has 10 heteroatoms. The Balaban J connectivity index is 4.93. The molecule has 0 saturated carbocycles. The first-order chi connectivity index (χ1) is 10.2. The molecule has 7 N–H and O–H groups in total. The third-order valence-electron chi connectivity index (χ3n) is 3.13. The minimum absolute atomic E-state index is 0.0975. The van der Waals surface area contributed by atoms with Crippen molar-refractivity contribution in [3.63, 3.8) is 0 Å². The number of carboxylic acid groups (broad SMARTS) is 3. The molecule has 0 aliphatic rings. The monoisotopic (exact) mass is 319 g/mol. The number of hydrogen-bond donors (Lipinski definition) is 5. The number of unbranched alkanes of at least 4 members (excludes halogenated alkanes) is 1. The number of amides is 2. The molecule has 1 atom stereocenters. The molecular formula is C12H21N3O7. The van der Waals surface area contributed by atoms with Crippen LogP contribution in [-0.4, -0.2) is 63.3 Å². The van der Waals surface area contributed by atoms with E-state index in [0.717, 1.165) is 4.90 Å². The molecular weight excluding hydrogens is 298 g/mol. The van der Waals surface area contributed by atoms with E-state index in [4.69, 9.17) is 26.8 Å². The molecule has 22 heavy (non-hydrogen) atoms. The standard InChI is InChI=1S/C12H21N3O7/c13-5-2-1-3-8(11(20)21)15(12(14)22)6-4-7(9(16)17)10(18)19/h7-8H,1-6,13H2,(H2,14,22)(H,16,17)(H,18,19)(H,20,21)/t8-/m0/s1. The van der Waals surface area contributed by atoms with Crippen molar-refractivity contribution in [3.8, 4) is 0 Å². The van der Waals surface area contributed by atoms with Gasteiger partial charge in [-0.25, -0.2) is 9.59 Å². The number of nitrogens with two attached hydrogens (primary N) is 2. The number of nitrogens with zero attached hydrogens (tertiary/aromatic N) is 1. The van der Waals surface area contributed by atoms with E-state index in [9.17, 15) is 19.2 Å². The van der Waals surface area contributed by atoms with Crippen LogP contribution >= 0.6 is 0 Å². The summed E-state index contributed by atoms with van der Waals surface area (Å²) in [4.78, 5) is 45.0. The molecule has 0 aliphatic carbocycles. The van der Waals surface area contributed by atoms with Crippen molar-refractivity contribution in [1.29, 1.82) is 0 Å². The van der Waals surface area contributed by atoms with E-state index in [1.165, 1.54) is 0 Å². The van der Waals surface area contributed by atoms with Gasteiger partial charge in [-0.05, 0) is 32.2 Å². The Morgan fingerprint density at radius 1 is 0.909 bits per heavy atom. The molecule has 0 saturated heterocycles. The fraction of sp³-hybridized carbons (Fsp3) is 0.667. The minimum Gasteiger partial charge on any atom is -0.481 e. The second-order valence-electron chi connectivity index (χ2n) is 4.69. The summed E-state index contributed by atoms with van der Waals surface area (Å²) >= 11 is 0. The van der Waals surface area contributed by atoms with Crippen LogP contribution in [0.1, 0.15) is 25.7 Å². The van der Waals surface area contributed by atoms with Crippen molar-refractivity contribution >= 4 is 23.9 Å². The van der Waals surface area contributed by atoms with Crippen molar-refractivity contribution in [3.05, 3.63) is 0 Å². The third kappa shape index (κ3) is 6.39. The summed E-state index contributed by atoms with van der Waals surface area (Å²) in [5.74, 6) is -6.16. The lowest BCUT2D eigenvalue weighted by Crippen LogP contribution is -2.49. The topological polar surface area (TPSA) is 184 Å². The van der Waals surface area contributed by atoms with Gasteiger partial charge in [0.15, 0.2) is 5.92 Å². The van der Waals surface area contributed by atoms with Gasteiger partial charge >= 0.3 is 23.9 Å². The highest BCUT2D eigenvalue weighted by molar-refractivity contribution is 5.92. The SMILES string of the molecule is NCCCC[C@@H](C(=O)O)N(CCC(C(=O)O)C(=O)O)C(N)=O. The molecule has 0 aromatic rings. The van der Waals surface area contributed by atoms with Crippen LogP contribution in [0.2, 0.25) is 0 Å². The van der Waals surface area contributed by atoms with Crippen molar-refractivity contribution in [2.24, 2.45) is 17.4 Å². The van der Waals surface area contributed by atoms with E-state index in [-0.39, 0.29) is 13.0 Å². The van der Waals surface area contributed by atoms with Crippen LogP contribution in [0, 0.1) is 5.92 Å². The van der Waals surface area contributed by atoms with Crippen LogP contribution < -0.4 is 11.5 Å². The zero-order valence-corrected chi connectivity index (χ0v) is 12.0. The van der Waals surface area contributed by atoms with Gasteiger partial charge in [-0.15, -0.1) is 0 Å². The Labute approximate surface area is 126 Å². The van der Waals surface area contributed by atoms with Crippen LogP contribution in [0.3, 0.4) is 0 Å². The van der Waals surface area contributed by atoms with Gasteiger partial charge in [0.2, 0.25) is 0 Å². The Hall–Kier alpha value is -2.36. The molecule has 0 fully saturated rings. The molecule has 0 unspecified atom stereocenters. The van der Waals surface area contributed by atoms with Crippen molar-refractivity contribution < 1.29 is 34.5 Å². The van der Waals surface area contributed by atoms with E-state index in [2.05, 4.69) is 0 Å². The number of aliphatic carboxylic acids is 3. The normalized spacial score (nSPS) is 11.9. The van der Waals surface area contributed by atoms with Crippen molar-refractivity contribution in [2.45, 2.75) is 31.7 Å². The summed E-state index contributed by atoms with van der Waals surface area (Å²) in [5, 5.41) is 26.7. The molecule has 126 valence electrons. The summed E-state index contributed by atoms with van der Waals surface area (Å²) in [6.07, 6.45) is 0.663. The van der Waals surface area contributed by atoms with Crippen LogP contribution in [0.15, 0.2) is 0 Å². The highest BCUT2D eigenvalue weighted by atomic mass is 16.4. The predicted octanol–water partition coefficient (Wildman–Crippen LogP) is -0.875. The number of hydrogen-bond acceptors (Lipinski definition) is 5. The summed E-state index contributed by atoms with van der Waals surface area (Å²) in [7, 11) is 0. The summed E-state index contributed by atoms with van der Waals surface area (Å²) in [6.45, 7) is -0.0127. The first-order valence-corrected chi connectivity index (χ1v) is 6.66. The van der Waals surface area contributed by atoms with Crippen LogP contribution in [0.25, 0.3) is 0 Å². The van der Waals surface area contributed by atoms with Gasteiger partial charge < -0.3 is 31.7 Å². The first kappa shape index (κ1) is 19.6. The van der Waals surface area contributed by atoms with E-state index in [1.807, 2.05) is 0 Å². The van der Waals surface area contributed by atoms with Crippen LogP contribution in [0.5, 0.6) is 0 Å². The van der Waals surface area contributed by atoms with Crippen molar-refractivity contribution in [2.75, 3.05) is 13.1 Å². The molecule has 0 spiro atoms. The van der Waals surface area contributed by atoms with Crippen LogP contribution in [0.4, 0.5) is 4.79 Å². The van der Waals surface area contributed by atoms with Gasteiger partial charge in [0.25, 0.3) is 0 Å². The Morgan fingerprint density at radius 2 is 1.45 bits per heavy atom. The number of carbonyl (C=O) groups is 4. The van der Waals surface area contributed by atoms with E-state index in [1.54, 1.807) is 0 Å². The molecule has 0 rings (SSSR count). The smallest absolute Gasteiger partial charge is 0.326 e. The largest absolute Gasteiger partial charge is 0.481 e. The minimum atomic E-state index is -1.74. The highest BCUT2D eigenvalue weighted by Gasteiger charge is 2.31. The molecule has 10 nitrogen and oxygen atoms in total. The van der Waals surface area contributed by atoms with Crippen molar-refractivity contribution in [1.82, 2.24) is 4.90 Å². The molecule has 0 heterocycles. The average Bonchev–Trinajstić information content (AvgIpc) is 2.39. The highest BCUT2D eigenvalue weighted by Crippen LogP contribution is 2.13. The molecule has 2 amide bonds. The number of carbonyl (C=O) groups excluding carboxylic acids is 1. The number of primary amides is 1. The Morgan fingerprint density at radius 3 is 1.82 bits per heavy atom. The fourth-order valence-electron chi connectivity index (χ4n) is 1.94. The second-order valence-corrected chi connectivity index (χ2v) is 4.69. The van der Waals surface area contributed by atoms with Gasteiger partial charge in [0, 0.05) is 6.54 Å². The summed E-state index contributed by atoms with van der Waals surface area (Å²) in [6, 6.07) is -2.29. The van der Waals surface area contributed by atoms with Gasteiger partial charge in [-0.3, -0.25) is 9.59 Å². The Kier molecular flexibility index (Phi) is 8.53. The second kappa shape index (κ2) is 9.55.